The van der Waals surface area contributed by atoms with Gasteiger partial charge in [0.15, 0.2) is 5.82 Å². The molecule has 1 aromatic heterocycles. The third-order valence-corrected chi connectivity index (χ3v) is 8.14. The van der Waals surface area contributed by atoms with Gasteiger partial charge in [0.2, 0.25) is 5.95 Å². The maximum Gasteiger partial charge on any atom is 0.342 e. The predicted molar refractivity (Wildman–Crippen MR) is 147 cm³/mol. The molecule has 0 radical (unpaired) electrons. The predicted octanol–water partition coefficient (Wildman–Crippen LogP) is 4.01. The van der Waals surface area contributed by atoms with Gasteiger partial charge >= 0.3 is 5.92 Å². The number of hydrogen-bond acceptors (Lipinski definition) is 8. The Balaban J connectivity index is 1.41. The van der Waals surface area contributed by atoms with Crippen molar-refractivity contribution in [3.8, 4) is 5.75 Å². The molecule has 2 aliphatic carbocycles. The second-order valence-electron chi connectivity index (χ2n) is 10.9. The van der Waals surface area contributed by atoms with Gasteiger partial charge in [0, 0.05) is 18.7 Å². The third kappa shape index (κ3) is 5.67. The molecule has 3 aliphatic rings. The number of carbonyl (C=O) groups is 2. The molecular weight excluding hydrogens is 522 g/mol. The van der Waals surface area contributed by atoms with Crippen LogP contribution in [0.3, 0.4) is 0 Å². The Morgan fingerprint density at radius 2 is 1.85 bits per heavy atom. The molecule has 2 atom stereocenters. The number of aromatic nitrogens is 2. The van der Waals surface area contributed by atoms with E-state index in [2.05, 4.69) is 20.6 Å². The minimum atomic E-state index is -3.56. The summed E-state index contributed by atoms with van der Waals surface area (Å²) in [5.41, 5.74) is 1.07. The largest absolute Gasteiger partial charge is 0.495 e. The SMILES string of the molecule is COc1cc(C(=O)N[C@@H]2CCCC[C@@H]2O)ccc1Nc1ncc2c(n1)N(C1CCCCC1)CC(F)(F)C(=O)N2C. The van der Waals surface area contributed by atoms with Crippen LogP contribution in [0.1, 0.15) is 68.1 Å². The summed E-state index contributed by atoms with van der Waals surface area (Å²) in [6, 6.07) is 4.42. The van der Waals surface area contributed by atoms with Gasteiger partial charge in [0.1, 0.15) is 11.4 Å². The number of alkyl halides is 2. The molecule has 216 valence electrons. The highest BCUT2D eigenvalue weighted by Crippen LogP contribution is 2.39. The van der Waals surface area contributed by atoms with Gasteiger partial charge in [-0.05, 0) is 43.9 Å². The van der Waals surface area contributed by atoms with Crippen molar-refractivity contribution in [3.63, 3.8) is 0 Å². The number of aliphatic hydroxyl groups excluding tert-OH is 1. The lowest BCUT2D eigenvalue weighted by atomic mass is 9.92. The highest BCUT2D eigenvalue weighted by Gasteiger charge is 2.48. The first-order valence-electron chi connectivity index (χ1n) is 13.9. The van der Waals surface area contributed by atoms with Crippen molar-refractivity contribution in [1.82, 2.24) is 15.3 Å². The first kappa shape index (κ1) is 28.0. The summed E-state index contributed by atoms with van der Waals surface area (Å²) in [5.74, 6) is -4.38. The Kier molecular flexibility index (Phi) is 8.07. The fraction of sp³-hybridized carbons (Fsp3) is 0.571. The highest BCUT2D eigenvalue weighted by molar-refractivity contribution is 6.02. The molecule has 3 N–H and O–H groups in total. The molecule has 0 saturated heterocycles. The average molecular weight is 559 g/mol. The van der Waals surface area contributed by atoms with E-state index in [4.69, 9.17) is 4.74 Å². The van der Waals surface area contributed by atoms with Gasteiger partial charge in [-0.15, -0.1) is 0 Å². The van der Waals surface area contributed by atoms with Gasteiger partial charge in [0.25, 0.3) is 11.8 Å². The summed E-state index contributed by atoms with van der Waals surface area (Å²) in [4.78, 5) is 36.8. The topological polar surface area (TPSA) is 120 Å². The van der Waals surface area contributed by atoms with Gasteiger partial charge < -0.3 is 30.3 Å². The quantitative estimate of drug-likeness (QED) is 0.487. The lowest BCUT2D eigenvalue weighted by molar-refractivity contribution is -0.140. The zero-order chi connectivity index (χ0) is 28.4. The molecule has 2 saturated carbocycles. The molecule has 2 aromatic rings. The summed E-state index contributed by atoms with van der Waals surface area (Å²) in [6.45, 7) is -0.743. The molecule has 10 nitrogen and oxygen atoms in total. The number of carbonyl (C=O) groups excluding carboxylic acids is 2. The summed E-state index contributed by atoms with van der Waals surface area (Å²) in [7, 11) is 2.79. The smallest absolute Gasteiger partial charge is 0.342 e. The monoisotopic (exact) mass is 558 g/mol. The van der Waals surface area contributed by atoms with Crippen LogP contribution in [0.25, 0.3) is 0 Å². The molecule has 0 spiro atoms. The molecular formula is C28H36F2N6O4. The van der Waals surface area contributed by atoms with Crippen LogP contribution in [-0.2, 0) is 4.79 Å². The van der Waals surface area contributed by atoms with E-state index in [0.29, 0.717) is 23.4 Å². The molecule has 40 heavy (non-hydrogen) atoms. The van der Waals surface area contributed by atoms with Crippen LogP contribution >= 0.6 is 0 Å². The Bertz CT molecular complexity index is 1260. The molecule has 5 rings (SSSR count). The second kappa shape index (κ2) is 11.5. The number of amides is 2. The van der Waals surface area contributed by atoms with Gasteiger partial charge in [0.05, 0.1) is 37.7 Å². The summed E-state index contributed by atoms with van der Waals surface area (Å²) >= 11 is 0. The van der Waals surface area contributed by atoms with Crippen LogP contribution < -0.4 is 25.2 Å². The van der Waals surface area contributed by atoms with E-state index >= 15 is 0 Å². The van der Waals surface area contributed by atoms with E-state index in [0.717, 1.165) is 56.3 Å². The lowest BCUT2D eigenvalue weighted by Crippen LogP contribution is -2.49. The van der Waals surface area contributed by atoms with Gasteiger partial charge in [-0.2, -0.15) is 13.8 Å². The van der Waals surface area contributed by atoms with Crippen molar-refractivity contribution in [2.24, 2.45) is 0 Å². The second-order valence-corrected chi connectivity index (χ2v) is 10.9. The standard InChI is InChI=1S/C28H36F2N6O4/c1-35-21-15-31-27(34-24(21)36(16-28(29,30)26(35)39)18-8-4-3-5-9-18)33-20-13-12-17(14-23(20)40-2)25(38)32-19-10-6-7-11-22(19)37/h12-15,18-19,22,37H,3-11,16H2,1-2H3,(H,32,38)(H,31,33,34)/t19-,22+/m1/s1. The van der Waals surface area contributed by atoms with Crippen LogP contribution in [0, 0.1) is 0 Å². The van der Waals surface area contributed by atoms with Crippen LogP contribution in [0.15, 0.2) is 24.4 Å². The van der Waals surface area contributed by atoms with E-state index in [1.54, 1.807) is 23.1 Å². The van der Waals surface area contributed by atoms with E-state index in [9.17, 15) is 23.5 Å². The number of hydrogen-bond donors (Lipinski definition) is 3. The van der Waals surface area contributed by atoms with Crippen molar-refractivity contribution < 1.29 is 28.2 Å². The van der Waals surface area contributed by atoms with Crippen LogP contribution in [-0.4, -0.2) is 71.7 Å². The number of benzene rings is 1. The number of rotatable bonds is 6. The van der Waals surface area contributed by atoms with Gasteiger partial charge in [-0.3, -0.25) is 9.59 Å². The zero-order valence-corrected chi connectivity index (χ0v) is 22.8. The van der Waals surface area contributed by atoms with E-state index in [1.807, 2.05) is 0 Å². The first-order chi connectivity index (χ1) is 19.2. The van der Waals surface area contributed by atoms with E-state index in [1.165, 1.54) is 20.4 Å². The van der Waals surface area contributed by atoms with Crippen molar-refractivity contribution in [2.75, 3.05) is 35.8 Å². The molecule has 2 amide bonds. The number of anilines is 4. The number of nitrogens with zero attached hydrogens (tertiary/aromatic N) is 4. The Labute approximate surface area is 232 Å². The summed E-state index contributed by atoms with van der Waals surface area (Å²) in [6.07, 6.45) is 8.51. The molecule has 0 bridgehead atoms. The Morgan fingerprint density at radius 3 is 2.58 bits per heavy atom. The number of methoxy groups -OCH3 is 1. The molecule has 12 heteroatoms. The average Bonchev–Trinajstić information content (AvgIpc) is 3.03. The number of aliphatic hydroxyl groups is 1. The minimum Gasteiger partial charge on any atom is -0.495 e. The molecule has 1 aromatic carbocycles. The number of ether oxygens (including phenoxy) is 1. The fourth-order valence-electron chi connectivity index (χ4n) is 5.87. The first-order valence-corrected chi connectivity index (χ1v) is 13.9. The van der Waals surface area contributed by atoms with Crippen LogP contribution in [0.2, 0.25) is 0 Å². The number of nitrogens with one attached hydrogen (secondary N) is 2. The Morgan fingerprint density at radius 1 is 1.12 bits per heavy atom. The highest BCUT2D eigenvalue weighted by atomic mass is 19.3. The number of halogens is 2. The maximum atomic E-state index is 14.9. The zero-order valence-electron chi connectivity index (χ0n) is 22.8. The van der Waals surface area contributed by atoms with Gasteiger partial charge in [-0.25, -0.2) is 4.98 Å². The van der Waals surface area contributed by atoms with Crippen molar-refractivity contribution in [1.29, 1.82) is 0 Å². The van der Waals surface area contributed by atoms with E-state index < -0.39 is 24.5 Å². The number of fused-ring (bicyclic) bond motifs is 1. The Hall–Kier alpha value is -3.54. The molecule has 2 fully saturated rings. The fourth-order valence-corrected chi connectivity index (χ4v) is 5.87. The third-order valence-electron chi connectivity index (χ3n) is 8.14. The van der Waals surface area contributed by atoms with E-state index in [-0.39, 0.29) is 35.4 Å². The molecule has 1 aliphatic heterocycles. The summed E-state index contributed by atoms with van der Waals surface area (Å²) < 4.78 is 35.4. The molecule has 0 unspecified atom stereocenters. The summed E-state index contributed by atoms with van der Waals surface area (Å²) in [5, 5.41) is 16.2. The van der Waals surface area contributed by atoms with Crippen molar-refractivity contribution >= 4 is 35.0 Å². The van der Waals surface area contributed by atoms with Crippen LogP contribution in [0.4, 0.5) is 31.9 Å². The normalized spacial score (nSPS) is 23.3. The van der Waals surface area contributed by atoms with Gasteiger partial charge in [-0.1, -0.05) is 32.1 Å². The maximum absolute atomic E-state index is 14.9. The van der Waals surface area contributed by atoms with Crippen LogP contribution in [0.5, 0.6) is 5.75 Å². The van der Waals surface area contributed by atoms with Crippen molar-refractivity contribution in [3.05, 3.63) is 30.0 Å². The minimum absolute atomic E-state index is 0.145. The lowest BCUT2D eigenvalue weighted by Gasteiger charge is -2.35. The van der Waals surface area contributed by atoms with Crippen molar-refractivity contribution in [2.45, 2.75) is 81.9 Å². The molecule has 2 heterocycles.